The van der Waals surface area contributed by atoms with Crippen molar-refractivity contribution in [1.82, 2.24) is 5.32 Å². The maximum Gasteiger partial charge on any atom is 0.234 e. The van der Waals surface area contributed by atoms with Gasteiger partial charge in [-0.05, 0) is 31.5 Å². The first-order valence-corrected chi connectivity index (χ1v) is 6.36. The fourth-order valence-corrected chi connectivity index (χ4v) is 1.67. The summed E-state index contributed by atoms with van der Waals surface area (Å²) in [6, 6.07) is 7.51. The molecule has 0 saturated heterocycles. The number of carbonyl (C=O) groups is 1. The van der Waals surface area contributed by atoms with Gasteiger partial charge in [-0.3, -0.25) is 4.79 Å². The van der Waals surface area contributed by atoms with Crippen LogP contribution in [0.3, 0.4) is 0 Å². The van der Waals surface area contributed by atoms with E-state index in [-0.39, 0.29) is 11.9 Å². The molecule has 0 radical (unpaired) electrons. The van der Waals surface area contributed by atoms with E-state index in [1.807, 2.05) is 31.2 Å². The average molecular weight is 250 g/mol. The fourth-order valence-electron chi connectivity index (χ4n) is 1.67. The molecule has 1 atom stereocenters. The molecule has 1 rings (SSSR count). The second kappa shape index (κ2) is 7.71. The number of hydrogen-bond acceptors (Lipinski definition) is 3. The van der Waals surface area contributed by atoms with Crippen LogP contribution in [0.15, 0.2) is 24.3 Å². The maximum absolute atomic E-state index is 11.2. The van der Waals surface area contributed by atoms with Crippen molar-refractivity contribution >= 4 is 5.91 Å². The highest BCUT2D eigenvalue weighted by Gasteiger charge is 2.13. The Morgan fingerprint density at radius 3 is 2.78 bits per heavy atom. The smallest absolute Gasteiger partial charge is 0.234 e. The Morgan fingerprint density at radius 1 is 1.44 bits per heavy atom. The van der Waals surface area contributed by atoms with Crippen LogP contribution >= 0.6 is 0 Å². The first-order chi connectivity index (χ1) is 8.65. The molecule has 0 aliphatic heterocycles. The van der Waals surface area contributed by atoms with E-state index in [1.54, 1.807) is 0 Å². The number of rotatable bonds is 8. The topological polar surface area (TPSA) is 64.3 Å². The third kappa shape index (κ3) is 4.75. The molecule has 0 bridgehead atoms. The lowest BCUT2D eigenvalue weighted by Gasteiger charge is -2.15. The maximum atomic E-state index is 11.2. The van der Waals surface area contributed by atoms with Crippen LogP contribution in [0.25, 0.3) is 0 Å². The van der Waals surface area contributed by atoms with Crippen LogP contribution in [0.5, 0.6) is 5.75 Å². The van der Waals surface area contributed by atoms with Crippen molar-refractivity contribution in [2.24, 2.45) is 5.73 Å². The van der Waals surface area contributed by atoms with Crippen LogP contribution in [-0.2, 0) is 4.79 Å². The van der Waals surface area contributed by atoms with Gasteiger partial charge in [0.15, 0.2) is 0 Å². The van der Waals surface area contributed by atoms with Crippen LogP contribution in [0.2, 0.25) is 0 Å². The van der Waals surface area contributed by atoms with Crippen LogP contribution in [0.4, 0.5) is 0 Å². The lowest BCUT2D eigenvalue weighted by atomic mass is 10.2. The van der Waals surface area contributed by atoms with Crippen molar-refractivity contribution in [3.8, 4) is 5.75 Å². The molecule has 1 aromatic carbocycles. The summed E-state index contributed by atoms with van der Waals surface area (Å²) in [7, 11) is 0. The monoisotopic (exact) mass is 250 g/mol. The quantitative estimate of drug-likeness (QED) is 0.737. The number of amides is 1. The fraction of sp³-hybridized carbons (Fsp3) is 0.500. The predicted molar refractivity (Wildman–Crippen MR) is 72.6 cm³/mol. The van der Waals surface area contributed by atoms with Gasteiger partial charge in [-0.1, -0.05) is 25.1 Å². The van der Waals surface area contributed by atoms with Crippen molar-refractivity contribution in [3.63, 3.8) is 0 Å². The molecular weight excluding hydrogens is 228 g/mol. The minimum absolute atomic E-state index is 0.311. The van der Waals surface area contributed by atoms with Gasteiger partial charge in [0.1, 0.15) is 5.75 Å². The minimum atomic E-state index is -0.322. The van der Waals surface area contributed by atoms with E-state index >= 15 is 0 Å². The molecule has 0 saturated carbocycles. The molecule has 0 aromatic heterocycles. The molecule has 1 amide bonds. The Labute approximate surface area is 109 Å². The first-order valence-electron chi connectivity index (χ1n) is 6.36. The largest absolute Gasteiger partial charge is 0.493 e. The lowest BCUT2D eigenvalue weighted by Crippen LogP contribution is -2.42. The number of hydrogen-bond donors (Lipinski definition) is 2. The Hall–Kier alpha value is -1.55. The Balaban J connectivity index is 2.39. The highest BCUT2D eigenvalue weighted by Crippen LogP contribution is 2.16. The number of ether oxygens (including phenoxy) is 1. The van der Waals surface area contributed by atoms with Gasteiger partial charge in [0.25, 0.3) is 0 Å². The molecule has 4 nitrogen and oxygen atoms in total. The molecular formula is C14H22N2O2. The van der Waals surface area contributed by atoms with Crippen molar-refractivity contribution in [2.45, 2.75) is 32.7 Å². The van der Waals surface area contributed by atoms with Crippen LogP contribution in [0, 0.1) is 6.92 Å². The van der Waals surface area contributed by atoms with Gasteiger partial charge in [0.05, 0.1) is 12.6 Å². The molecule has 0 spiro atoms. The molecule has 18 heavy (non-hydrogen) atoms. The number of benzene rings is 1. The molecule has 0 heterocycles. The van der Waals surface area contributed by atoms with Gasteiger partial charge in [0.2, 0.25) is 5.91 Å². The molecule has 100 valence electrons. The van der Waals surface area contributed by atoms with E-state index in [0.717, 1.165) is 24.3 Å². The number of primary amides is 1. The molecule has 0 aliphatic rings. The summed E-state index contributed by atoms with van der Waals surface area (Å²) in [4.78, 5) is 11.2. The first kappa shape index (κ1) is 14.5. The minimum Gasteiger partial charge on any atom is -0.493 e. The van der Waals surface area contributed by atoms with Crippen molar-refractivity contribution in [2.75, 3.05) is 13.2 Å². The normalized spacial score (nSPS) is 12.1. The van der Waals surface area contributed by atoms with Gasteiger partial charge < -0.3 is 15.8 Å². The highest BCUT2D eigenvalue weighted by molar-refractivity contribution is 5.79. The van der Waals surface area contributed by atoms with Crippen LogP contribution in [-0.4, -0.2) is 25.1 Å². The zero-order valence-electron chi connectivity index (χ0n) is 11.1. The summed E-state index contributed by atoms with van der Waals surface area (Å²) in [6.07, 6.45) is 1.56. The van der Waals surface area contributed by atoms with Crippen LogP contribution in [0.1, 0.15) is 25.3 Å². The number of para-hydroxylation sites is 1. The number of aryl methyl sites for hydroxylation is 1. The molecule has 1 unspecified atom stereocenters. The second-order valence-corrected chi connectivity index (χ2v) is 4.31. The number of nitrogens with two attached hydrogens (primary N) is 1. The molecule has 3 N–H and O–H groups in total. The SMILES string of the molecule is CCCNC(CCOc1ccccc1C)C(N)=O. The summed E-state index contributed by atoms with van der Waals surface area (Å²) < 4.78 is 5.65. The van der Waals surface area contributed by atoms with E-state index in [4.69, 9.17) is 10.5 Å². The van der Waals surface area contributed by atoms with Gasteiger partial charge in [-0.15, -0.1) is 0 Å². The molecule has 0 aliphatic carbocycles. The molecule has 0 fully saturated rings. The van der Waals surface area contributed by atoms with Crippen molar-refractivity contribution in [1.29, 1.82) is 0 Å². The van der Waals surface area contributed by atoms with E-state index in [9.17, 15) is 4.79 Å². The summed E-state index contributed by atoms with van der Waals surface area (Å²) in [5.41, 5.74) is 6.42. The van der Waals surface area contributed by atoms with Gasteiger partial charge in [0, 0.05) is 6.42 Å². The van der Waals surface area contributed by atoms with Gasteiger partial charge >= 0.3 is 0 Å². The predicted octanol–water partition coefficient (Wildman–Crippen LogP) is 1.62. The van der Waals surface area contributed by atoms with E-state index in [2.05, 4.69) is 12.2 Å². The molecule has 1 aromatic rings. The zero-order chi connectivity index (χ0) is 13.4. The van der Waals surface area contributed by atoms with E-state index < -0.39 is 0 Å². The Bertz CT molecular complexity index is 380. The third-order valence-corrected chi connectivity index (χ3v) is 2.74. The summed E-state index contributed by atoms with van der Waals surface area (Å²) in [6.45, 7) is 5.32. The summed E-state index contributed by atoms with van der Waals surface area (Å²) in [5.74, 6) is 0.535. The zero-order valence-corrected chi connectivity index (χ0v) is 11.1. The van der Waals surface area contributed by atoms with Crippen molar-refractivity contribution < 1.29 is 9.53 Å². The van der Waals surface area contributed by atoms with Gasteiger partial charge in [-0.25, -0.2) is 0 Å². The van der Waals surface area contributed by atoms with E-state index in [1.165, 1.54) is 0 Å². The second-order valence-electron chi connectivity index (χ2n) is 4.31. The standard InChI is InChI=1S/C14H22N2O2/c1-3-9-16-12(14(15)17)8-10-18-13-7-5-4-6-11(13)2/h4-7,12,16H,3,8-10H2,1-2H3,(H2,15,17). The van der Waals surface area contributed by atoms with Crippen molar-refractivity contribution in [3.05, 3.63) is 29.8 Å². The molecule has 4 heteroatoms. The van der Waals surface area contributed by atoms with Crippen LogP contribution < -0.4 is 15.8 Å². The third-order valence-electron chi connectivity index (χ3n) is 2.74. The van der Waals surface area contributed by atoms with E-state index in [0.29, 0.717) is 13.0 Å². The lowest BCUT2D eigenvalue weighted by molar-refractivity contribution is -0.120. The Morgan fingerprint density at radius 2 is 2.17 bits per heavy atom. The highest BCUT2D eigenvalue weighted by atomic mass is 16.5. The average Bonchev–Trinajstić information content (AvgIpc) is 2.35. The Kier molecular flexibility index (Phi) is 6.22. The number of nitrogens with one attached hydrogen (secondary N) is 1. The van der Waals surface area contributed by atoms with Gasteiger partial charge in [-0.2, -0.15) is 0 Å². The summed E-state index contributed by atoms with van der Waals surface area (Å²) in [5, 5.41) is 3.12. The number of carbonyl (C=O) groups excluding carboxylic acids is 1. The summed E-state index contributed by atoms with van der Waals surface area (Å²) >= 11 is 0.